The van der Waals surface area contributed by atoms with Crippen molar-refractivity contribution in [2.45, 2.75) is 33.1 Å². The SMILES string of the molecule is CC1[C@@H]2CC[C@@]1(C)C(=O)C2. The zero-order valence-electron chi connectivity index (χ0n) is 6.68. The van der Waals surface area contributed by atoms with Gasteiger partial charge in [0.1, 0.15) is 5.78 Å². The highest BCUT2D eigenvalue weighted by molar-refractivity contribution is 5.88. The monoisotopic (exact) mass is 138 g/mol. The van der Waals surface area contributed by atoms with Crippen molar-refractivity contribution in [3.05, 3.63) is 0 Å². The third-order valence-corrected chi connectivity index (χ3v) is 3.83. The average molecular weight is 138 g/mol. The van der Waals surface area contributed by atoms with Crippen LogP contribution in [0.25, 0.3) is 0 Å². The van der Waals surface area contributed by atoms with Gasteiger partial charge < -0.3 is 0 Å². The number of ketones is 1. The third-order valence-electron chi connectivity index (χ3n) is 3.83. The quantitative estimate of drug-likeness (QED) is 0.500. The van der Waals surface area contributed by atoms with E-state index in [2.05, 4.69) is 13.8 Å². The molecule has 1 unspecified atom stereocenters. The van der Waals surface area contributed by atoms with Crippen LogP contribution in [0.3, 0.4) is 0 Å². The first-order valence-electron chi connectivity index (χ1n) is 4.18. The minimum atomic E-state index is 0.0880. The fourth-order valence-corrected chi connectivity index (χ4v) is 2.63. The minimum Gasteiger partial charge on any atom is -0.299 e. The van der Waals surface area contributed by atoms with Crippen LogP contribution in [0.5, 0.6) is 0 Å². The number of carbonyl (C=O) groups excluding carboxylic acids is 1. The van der Waals surface area contributed by atoms with Gasteiger partial charge in [-0.25, -0.2) is 0 Å². The maximum Gasteiger partial charge on any atom is 0.139 e. The summed E-state index contributed by atoms with van der Waals surface area (Å²) in [5.41, 5.74) is 0.0880. The van der Waals surface area contributed by atoms with E-state index in [4.69, 9.17) is 0 Å². The van der Waals surface area contributed by atoms with Crippen molar-refractivity contribution in [1.82, 2.24) is 0 Å². The number of rotatable bonds is 0. The molecule has 0 aromatic carbocycles. The molecule has 2 aliphatic carbocycles. The standard InChI is InChI=1S/C9H14O/c1-6-7-3-4-9(6,2)8(10)5-7/h6-7H,3-5H2,1-2H3/t6?,7-,9-/m1/s1. The summed E-state index contributed by atoms with van der Waals surface area (Å²) in [6, 6.07) is 0. The van der Waals surface area contributed by atoms with Crippen molar-refractivity contribution < 1.29 is 4.79 Å². The molecule has 0 N–H and O–H groups in total. The highest BCUT2D eigenvalue weighted by Gasteiger charge is 2.53. The van der Waals surface area contributed by atoms with Gasteiger partial charge in [-0.3, -0.25) is 4.79 Å². The molecule has 56 valence electrons. The van der Waals surface area contributed by atoms with E-state index < -0.39 is 0 Å². The normalized spacial score (nSPS) is 52.4. The van der Waals surface area contributed by atoms with Crippen LogP contribution in [0.4, 0.5) is 0 Å². The Morgan fingerprint density at radius 3 is 2.50 bits per heavy atom. The number of fused-ring (bicyclic) bond motifs is 2. The van der Waals surface area contributed by atoms with Crippen LogP contribution in [0.15, 0.2) is 0 Å². The Hall–Kier alpha value is -0.330. The smallest absolute Gasteiger partial charge is 0.139 e. The van der Waals surface area contributed by atoms with E-state index >= 15 is 0 Å². The lowest BCUT2D eigenvalue weighted by molar-refractivity contribution is -0.126. The molecule has 3 atom stereocenters. The summed E-state index contributed by atoms with van der Waals surface area (Å²) in [4.78, 5) is 11.4. The molecule has 0 amide bonds. The molecule has 2 aliphatic rings. The molecule has 0 saturated heterocycles. The highest BCUT2D eigenvalue weighted by Crippen LogP contribution is 2.55. The molecule has 0 aromatic rings. The van der Waals surface area contributed by atoms with Crippen LogP contribution in [0.2, 0.25) is 0 Å². The van der Waals surface area contributed by atoms with Crippen LogP contribution in [-0.4, -0.2) is 5.78 Å². The summed E-state index contributed by atoms with van der Waals surface area (Å²) in [5.74, 6) is 1.92. The Labute approximate surface area is 61.8 Å². The van der Waals surface area contributed by atoms with Crippen molar-refractivity contribution in [3.63, 3.8) is 0 Å². The molecular weight excluding hydrogens is 124 g/mol. The number of hydrogen-bond acceptors (Lipinski definition) is 1. The maximum atomic E-state index is 11.4. The zero-order chi connectivity index (χ0) is 7.35. The number of hydrogen-bond donors (Lipinski definition) is 0. The van der Waals surface area contributed by atoms with E-state index in [1.807, 2.05) is 0 Å². The molecule has 10 heavy (non-hydrogen) atoms. The number of Topliss-reactive ketones (excluding diaryl/α,β-unsaturated/α-hetero) is 1. The van der Waals surface area contributed by atoms with E-state index in [0.717, 1.165) is 18.8 Å². The second-order valence-corrected chi connectivity index (χ2v) is 4.13. The molecule has 2 rings (SSSR count). The van der Waals surface area contributed by atoms with Crippen molar-refractivity contribution in [2.24, 2.45) is 17.3 Å². The molecule has 0 aromatic heterocycles. The van der Waals surface area contributed by atoms with Crippen molar-refractivity contribution in [3.8, 4) is 0 Å². The van der Waals surface area contributed by atoms with Gasteiger partial charge in [-0.1, -0.05) is 13.8 Å². The van der Waals surface area contributed by atoms with Gasteiger partial charge in [0.05, 0.1) is 0 Å². The first-order valence-corrected chi connectivity index (χ1v) is 4.18. The predicted octanol–water partition coefficient (Wildman–Crippen LogP) is 2.01. The minimum absolute atomic E-state index is 0.0880. The molecule has 0 spiro atoms. The molecule has 1 nitrogen and oxygen atoms in total. The first kappa shape index (κ1) is 6.38. The molecule has 2 saturated carbocycles. The van der Waals surface area contributed by atoms with E-state index in [0.29, 0.717) is 11.7 Å². The third kappa shape index (κ3) is 0.518. The highest BCUT2D eigenvalue weighted by atomic mass is 16.1. The molecule has 2 bridgehead atoms. The van der Waals surface area contributed by atoms with Gasteiger partial charge in [-0.2, -0.15) is 0 Å². The Morgan fingerprint density at radius 2 is 2.30 bits per heavy atom. The molecular formula is C9H14O. The van der Waals surface area contributed by atoms with Crippen molar-refractivity contribution in [2.75, 3.05) is 0 Å². The van der Waals surface area contributed by atoms with E-state index in [-0.39, 0.29) is 5.41 Å². The van der Waals surface area contributed by atoms with Gasteiger partial charge >= 0.3 is 0 Å². The largest absolute Gasteiger partial charge is 0.299 e. The Balaban J connectivity index is 2.37. The fourth-order valence-electron chi connectivity index (χ4n) is 2.63. The molecule has 1 heteroatoms. The van der Waals surface area contributed by atoms with Gasteiger partial charge in [-0.05, 0) is 24.7 Å². The summed E-state index contributed by atoms with van der Waals surface area (Å²) in [6.45, 7) is 4.38. The van der Waals surface area contributed by atoms with Crippen LogP contribution < -0.4 is 0 Å². The average Bonchev–Trinajstić information content (AvgIpc) is 2.25. The van der Waals surface area contributed by atoms with E-state index in [1.165, 1.54) is 6.42 Å². The summed E-state index contributed by atoms with van der Waals surface area (Å²) < 4.78 is 0. The van der Waals surface area contributed by atoms with Crippen LogP contribution in [0, 0.1) is 17.3 Å². The summed E-state index contributed by atoms with van der Waals surface area (Å²) in [7, 11) is 0. The topological polar surface area (TPSA) is 17.1 Å². The molecule has 0 heterocycles. The molecule has 0 radical (unpaired) electrons. The van der Waals surface area contributed by atoms with Crippen LogP contribution in [0.1, 0.15) is 33.1 Å². The Bertz CT molecular complexity index is 185. The van der Waals surface area contributed by atoms with Gasteiger partial charge in [0, 0.05) is 11.8 Å². The van der Waals surface area contributed by atoms with Gasteiger partial charge in [-0.15, -0.1) is 0 Å². The second kappa shape index (κ2) is 1.63. The van der Waals surface area contributed by atoms with E-state index in [1.54, 1.807) is 0 Å². The maximum absolute atomic E-state index is 11.4. The van der Waals surface area contributed by atoms with Gasteiger partial charge in [0.2, 0.25) is 0 Å². The zero-order valence-corrected chi connectivity index (χ0v) is 6.68. The Morgan fingerprint density at radius 1 is 1.60 bits per heavy atom. The summed E-state index contributed by atoms with van der Waals surface area (Å²) in [6.07, 6.45) is 3.32. The first-order chi connectivity index (χ1) is 4.64. The second-order valence-electron chi connectivity index (χ2n) is 4.13. The van der Waals surface area contributed by atoms with E-state index in [9.17, 15) is 4.79 Å². The summed E-state index contributed by atoms with van der Waals surface area (Å²) in [5, 5.41) is 0. The van der Waals surface area contributed by atoms with Gasteiger partial charge in [0.15, 0.2) is 0 Å². The van der Waals surface area contributed by atoms with Crippen LogP contribution >= 0.6 is 0 Å². The fraction of sp³-hybridized carbons (Fsp3) is 0.889. The lowest BCUT2D eigenvalue weighted by Crippen LogP contribution is -2.24. The van der Waals surface area contributed by atoms with Gasteiger partial charge in [0.25, 0.3) is 0 Å². The Kier molecular flexibility index (Phi) is 1.04. The van der Waals surface area contributed by atoms with Crippen molar-refractivity contribution >= 4 is 5.78 Å². The van der Waals surface area contributed by atoms with Crippen molar-refractivity contribution in [1.29, 1.82) is 0 Å². The predicted molar refractivity (Wildman–Crippen MR) is 39.6 cm³/mol. The summed E-state index contributed by atoms with van der Waals surface area (Å²) >= 11 is 0. The number of carbonyl (C=O) groups is 1. The lowest BCUT2D eigenvalue weighted by atomic mass is 9.81. The van der Waals surface area contributed by atoms with Crippen LogP contribution in [-0.2, 0) is 4.79 Å². The molecule has 0 aliphatic heterocycles. The lowest BCUT2D eigenvalue weighted by Gasteiger charge is -2.21. The molecule has 2 fully saturated rings.